The van der Waals surface area contributed by atoms with Crippen LogP contribution >= 0.6 is 0 Å². The van der Waals surface area contributed by atoms with Crippen LogP contribution in [0.2, 0.25) is 0 Å². The maximum Gasteiger partial charge on any atom is 0.416 e. The second-order valence-electron chi connectivity index (χ2n) is 6.99. The molecule has 0 aliphatic rings. The van der Waals surface area contributed by atoms with Gasteiger partial charge in [0.15, 0.2) is 6.61 Å². The van der Waals surface area contributed by atoms with Crippen LogP contribution in [0.1, 0.15) is 21.5 Å². The molecule has 0 radical (unpaired) electrons. The van der Waals surface area contributed by atoms with E-state index in [9.17, 15) is 32.9 Å². The topological polar surface area (TPSA) is 123 Å². The molecule has 0 atom stereocenters. The van der Waals surface area contributed by atoms with Crippen LogP contribution in [0, 0.1) is 17.0 Å². The molecule has 0 aliphatic carbocycles. The Kier molecular flexibility index (Phi) is 7.09. The van der Waals surface area contributed by atoms with E-state index in [1.807, 2.05) is 0 Å². The summed E-state index contributed by atoms with van der Waals surface area (Å²) in [5.74, 6) is -1.77. The van der Waals surface area contributed by atoms with Gasteiger partial charge in [-0.25, -0.2) is 9.78 Å². The highest BCUT2D eigenvalue weighted by atomic mass is 19.4. The van der Waals surface area contributed by atoms with E-state index >= 15 is 0 Å². The monoisotopic (exact) mass is 474 g/mol. The van der Waals surface area contributed by atoms with Crippen molar-refractivity contribution in [1.29, 1.82) is 0 Å². The number of nitro groups is 1. The minimum absolute atomic E-state index is 0.0429. The molecule has 0 saturated heterocycles. The van der Waals surface area contributed by atoms with Gasteiger partial charge in [0.25, 0.3) is 11.6 Å². The number of carbonyl (C=O) groups is 2. The number of alkyl halides is 3. The first-order chi connectivity index (χ1) is 16.0. The number of aromatic nitrogens is 1. The van der Waals surface area contributed by atoms with Gasteiger partial charge in [0.05, 0.1) is 10.5 Å². The van der Waals surface area contributed by atoms with Gasteiger partial charge in [0.1, 0.15) is 11.4 Å². The summed E-state index contributed by atoms with van der Waals surface area (Å²) in [6.45, 7) is 0.836. The van der Waals surface area contributed by atoms with Gasteiger partial charge in [-0.3, -0.25) is 14.9 Å². The molecule has 1 aromatic heterocycles. The van der Waals surface area contributed by atoms with Gasteiger partial charge in [-0.15, -0.1) is 0 Å². The fourth-order valence-corrected chi connectivity index (χ4v) is 2.87. The molecular formula is C22H17F3N4O5. The molecular weight excluding hydrogens is 457 g/mol. The Labute approximate surface area is 190 Å². The largest absolute Gasteiger partial charge is 0.452 e. The highest BCUT2D eigenvalue weighted by Gasteiger charge is 2.30. The molecule has 0 fully saturated rings. The summed E-state index contributed by atoms with van der Waals surface area (Å²) in [5.41, 5.74) is -0.584. The predicted molar refractivity (Wildman–Crippen MR) is 116 cm³/mol. The zero-order chi connectivity index (χ0) is 24.9. The normalized spacial score (nSPS) is 10.9. The lowest BCUT2D eigenvalue weighted by Gasteiger charge is -2.13. The molecule has 0 spiro atoms. The Morgan fingerprint density at radius 3 is 2.56 bits per heavy atom. The number of halogens is 3. The smallest absolute Gasteiger partial charge is 0.416 e. The van der Waals surface area contributed by atoms with Crippen LogP contribution in [0.25, 0.3) is 0 Å². The van der Waals surface area contributed by atoms with Crippen molar-refractivity contribution in [3.63, 3.8) is 0 Å². The number of esters is 1. The third kappa shape index (κ3) is 6.06. The van der Waals surface area contributed by atoms with Crippen molar-refractivity contribution < 1.29 is 32.4 Å². The third-order valence-electron chi connectivity index (χ3n) is 4.50. The van der Waals surface area contributed by atoms with E-state index in [0.717, 1.165) is 12.1 Å². The lowest BCUT2D eigenvalue weighted by atomic mass is 10.2. The summed E-state index contributed by atoms with van der Waals surface area (Å²) in [6.07, 6.45) is -3.22. The van der Waals surface area contributed by atoms with Crippen molar-refractivity contribution >= 4 is 34.8 Å². The van der Waals surface area contributed by atoms with E-state index in [4.69, 9.17) is 4.74 Å². The molecule has 0 saturated carbocycles. The van der Waals surface area contributed by atoms with Gasteiger partial charge in [-0.05, 0) is 43.3 Å². The number of pyridine rings is 1. The van der Waals surface area contributed by atoms with Crippen molar-refractivity contribution in [2.45, 2.75) is 13.1 Å². The fraction of sp³-hybridized carbons (Fsp3) is 0.136. The van der Waals surface area contributed by atoms with Crippen LogP contribution < -0.4 is 10.6 Å². The Morgan fingerprint density at radius 1 is 1.09 bits per heavy atom. The van der Waals surface area contributed by atoms with Crippen molar-refractivity contribution in [2.75, 3.05) is 17.2 Å². The molecule has 0 aliphatic heterocycles. The van der Waals surface area contributed by atoms with Crippen molar-refractivity contribution in [3.05, 3.63) is 87.6 Å². The number of benzene rings is 2. The van der Waals surface area contributed by atoms with Crippen LogP contribution in [-0.4, -0.2) is 28.4 Å². The van der Waals surface area contributed by atoms with Crippen molar-refractivity contribution in [1.82, 2.24) is 4.98 Å². The number of hydrogen-bond acceptors (Lipinski definition) is 7. The maximum absolute atomic E-state index is 12.9. The van der Waals surface area contributed by atoms with E-state index in [1.54, 1.807) is 6.92 Å². The predicted octanol–water partition coefficient (Wildman–Crippen LogP) is 4.86. The maximum atomic E-state index is 12.9. The van der Waals surface area contributed by atoms with Crippen molar-refractivity contribution in [2.24, 2.45) is 0 Å². The lowest BCUT2D eigenvalue weighted by Crippen LogP contribution is -2.21. The molecule has 0 bridgehead atoms. The average molecular weight is 474 g/mol. The first-order valence-electron chi connectivity index (χ1n) is 9.66. The van der Waals surface area contributed by atoms with E-state index in [-0.39, 0.29) is 28.4 Å². The van der Waals surface area contributed by atoms with Gasteiger partial charge in [-0.2, -0.15) is 13.2 Å². The Bertz CT molecular complexity index is 1250. The van der Waals surface area contributed by atoms with E-state index < -0.39 is 35.1 Å². The van der Waals surface area contributed by atoms with Crippen LogP contribution in [0.4, 0.5) is 36.1 Å². The molecule has 3 rings (SSSR count). The van der Waals surface area contributed by atoms with Gasteiger partial charge in [0, 0.05) is 29.2 Å². The van der Waals surface area contributed by atoms with Gasteiger partial charge < -0.3 is 15.4 Å². The molecule has 3 aromatic rings. The summed E-state index contributed by atoms with van der Waals surface area (Å²) in [5, 5.41) is 16.0. The Morgan fingerprint density at radius 2 is 1.85 bits per heavy atom. The first kappa shape index (κ1) is 24.2. The van der Waals surface area contributed by atoms with E-state index in [1.165, 1.54) is 48.7 Å². The quantitative estimate of drug-likeness (QED) is 0.285. The standard InChI is InChI=1S/C22H17F3N4O5/c1-13-7-8-16(11-18(13)29(32)33)27-19(30)12-34-21(31)17-6-3-9-26-20(17)28-15-5-2-4-14(10-15)22(23,24)25/h2-11H,12H2,1H3,(H,26,28)(H,27,30). The van der Waals surface area contributed by atoms with Crippen LogP contribution in [-0.2, 0) is 15.7 Å². The van der Waals surface area contributed by atoms with Gasteiger partial charge in [0.2, 0.25) is 0 Å². The van der Waals surface area contributed by atoms with Crippen LogP contribution in [0.3, 0.4) is 0 Å². The SMILES string of the molecule is Cc1ccc(NC(=O)COC(=O)c2cccnc2Nc2cccc(C(F)(F)F)c2)cc1[N+](=O)[O-]. The number of amides is 1. The van der Waals surface area contributed by atoms with Crippen LogP contribution in [0.5, 0.6) is 0 Å². The number of hydrogen-bond donors (Lipinski definition) is 2. The molecule has 0 unspecified atom stereocenters. The molecule has 176 valence electrons. The minimum Gasteiger partial charge on any atom is -0.452 e. The summed E-state index contributed by atoms with van der Waals surface area (Å²) >= 11 is 0. The fourth-order valence-electron chi connectivity index (χ4n) is 2.87. The molecule has 9 nitrogen and oxygen atoms in total. The van der Waals surface area contributed by atoms with Crippen molar-refractivity contribution in [3.8, 4) is 0 Å². The highest BCUT2D eigenvalue weighted by molar-refractivity contribution is 5.98. The number of anilines is 3. The Hall–Kier alpha value is -4.48. The molecule has 12 heteroatoms. The number of aryl methyl sites for hydroxylation is 1. The van der Waals surface area contributed by atoms with Crippen LogP contribution in [0.15, 0.2) is 60.8 Å². The number of carbonyl (C=O) groups excluding carboxylic acids is 2. The third-order valence-corrected chi connectivity index (χ3v) is 4.50. The number of nitro benzene ring substituents is 1. The average Bonchev–Trinajstić information content (AvgIpc) is 2.78. The number of nitrogens with zero attached hydrogens (tertiary/aromatic N) is 2. The first-order valence-corrected chi connectivity index (χ1v) is 9.66. The number of nitrogens with one attached hydrogen (secondary N) is 2. The zero-order valence-electron chi connectivity index (χ0n) is 17.6. The Balaban J connectivity index is 1.67. The van der Waals surface area contributed by atoms with E-state index in [2.05, 4.69) is 15.6 Å². The van der Waals surface area contributed by atoms with Gasteiger partial charge >= 0.3 is 12.1 Å². The molecule has 34 heavy (non-hydrogen) atoms. The second-order valence-corrected chi connectivity index (χ2v) is 6.99. The summed E-state index contributed by atoms with van der Waals surface area (Å²) < 4.78 is 43.8. The number of ether oxygens (including phenoxy) is 1. The minimum atomic E-state index is -4.55. The molecule has 1 heterocycles. The summed E-state index contributed by atoms with van der Waals surface area (Å²) in [6, 6.07) is 11.2. The second kappa shape index (κ2) is 9.98. The molecule has 2 N–H and O–H groups in total. The zero-order valence-corrected chi connectivity index (χ0v) is 17.6. The molecule has 1 amide bonds. The summed E-state index contributed by atoms with van der Waals surface area (Å²) in [4.78, 5) is 39.0. The number of rotatable bonds is 7. The van der Waals surface area contributed by atoms with E-state index in [0.29, 0.717) is 5.56 Å². The lowest BCUT2D eigenvalue weighted by molar-refractivity contribution is -0.385. The highest BCUT2D eigenvalue weighted by Crippen LogP contribution is 2.31. The summed E-state index contributed by atoms with van der Waals surface area (Å²) in [7, 11) is 0. The molecule has 2 aromatic carbocycles. The van der Waals surface area contributed by atoms with Gasteiger partial charge in [-0.1, -0.05) is 12.1 Å².